The molecular formula is C22H32N6O3. The van der Waals surface area contributed by atoms with Crippen molar-refractivity contribution < 1.29 is 14.3 Å². The molecular weight excluding hydrogens is 396 g/mol. The normalized spacial score (nSPS) is 20.8. The molecule has 2 aliphatic rings. The van der Waals surface area contributed by atoms with Crippen molar-refractivity contribution in [1.82, 2.24) is 25.1 Å². The average Bonchev–Trinajstić information content (AvgIpc) is 3.27. The van der Waals surface area contributed by atoms with E-state index in [1.54, 1.807) is 11.1 Å². The summed E-state index contributed by atoms with van der Waals surface area (Å²) in [5.41, 5.74) is 0.370. The highest BCUT2D eigenvalue weighted by Crippen LogP contribution is 2.39. The Morgan fingerprint density at radius 2 is 2.13 bits per heavy atom. The molecule has 0 unspecified atom stereocenters. The second-order valence-corrected chi connectivity index (χ2v) is 9.65. The summed E-state index contributed by atoms with van der Waals surface area (Å²) in [4.78, 5) is 23.2. The van der Waals surface area contributed by atoms with Crippen molar-refractivity contribution >= 4 is 17.7 Å². The van der Waals surface area contributed by atoms with Gasteiger partial charge in [-0.3, -0.25) is 5.10 Å². The second-order valence-electron chi connectivity index (χ2n) is 9.65. The first kappa shape index (κ1) is 21.5. The van der Waals surface area contributed by atoms with Gasteiger partial charge in [-0.25, -0.2) is 14.8 Å². The topological polar surface area (TPSA) is 105 Å². The lowest BCUT2D eigenvalue weighted by molar-refractivity contribution is -0.0487. The number of hydrogen-bond donors (Lipinski definition) is 2. The maximum absolute atomic E-state index is 12.3. The Kier molecular flexibility index (Phi) is 5.88. The SMILES string of the molecule is Cc1cc(Nc2ccnc(C[C@@H]3COC4(CCN(C(=O)OC(C)(C)C)CC4)C3)n2)n[nH]1. The Hall–Kier alpha value is -2.68. The van der Waals surface area contributed by atoms with Crippen molar-refractivity contribution in [3.63, 3.8) is 0 Å². The molecule has 4 rings (SSSR count). The number of nitrogens with zero attached hydrogens (tertiary/aromatic N) is 4. The zero-order chi connectivity index (χ0) is 22.1. The molecule has 1 spiro atoms. The van der Waals surface area contributed by atoms with Crippen LogP contribution in [0.1, 0.15) is 51.6 Å². The predicted molar refractivity (Wildman–Crippen MR) is 116 cm³/mol. The van der Waals surface area contributed by atoms with Gasteiger partial charge in [0.2, 0.25) is 0 Å². The van der Waals surface area contributed by atoms with Crippen LogP contribution in [-0.2, 0) is 15.9 Å². The number of ether oxygens (including phenoxy) is 2. The molecule has 2 saturated heterocycles. The Morgan fingerprint density at radius 3 is 2.81 bits per heavy atom. The van der Waals surface area contributed by atoms with Crippen LogP contribution in [0.15, 0.2) is 18.3 Å². The Balaban J connectivity index is 1.30. The summed E-state index contributed by atoms with van der Waals surface area (Å²) in [6.07, 6.45) is 4.95. The third-order valence-corrected chi connectivity index (χ3v) is 5.75. The van der Waals surface area contributed by atoms with E-state index in [4.69, 9.17) is 9.47 Å². The summed E-state index contributed by atoms with van der Waals surface area (Å²) >= 11 is 0. The fraction of sp³-hybridized carbons (Fsp3) is 0.636. The van der Waals surface area contributed by atoms with Crippen molar-refractivity contribution in [3.05, 3.63) is 29.8 Å². The van der Waals surface area contributed by atoms with Crippen LogP contribution in [0.25, 0.3) is 0 Å². The van der Waals surface area contributed by atoms with E-state index in [-0.39, 0.29) is 11.7 Å². The first-order chi connectivity index (χ1) is 14.7. The molecule has 9 nitrogen and oxygen atoms in total. The minimum atomic E-state index is -0.472. The van der Waals surface area contributed by atoms with E-state index in [2.05, 4.69) is 25.5 Å². The third kappa shape index (κ3) is 5.52. The quantitative estimate of drug-likeness (QED) is 0.766. The number of nitrogens with one attached hydrogen (secondary N) is 2. The van der Waals surface area contributed by atoms with Crippen LogP contribution < -0.4 is 5.32 Å². The fourth-order valence-electron chi connectivity index (χ4n) is 4.28. The number of piperidine rings is 1. The average molecular weight is 429 g/mol. The molecule has 0 aliphatic carbocycles. The third-order valence-electron chi connectivity index (χ3n) is 5.75. The summed E-state index contributed by atoms with van der Waals surface area (Å²) in [6, 6.07) is 3.77. The van der Waals surface area contributed by atoms with Crippen LogP contribution in [0, 0.1) is 12.8 Å². The number of aromatic amines is 1. The second kappa shape index (κ2) is 8.45. The van der Waals surface area contributed by atoms with Gasteiger partial charge in [-0.1, -0.05) is 0 Å². The first-order valence-electron chi connectivity index (χ1n) is 10.9. The number of aromatic nitrogens is 4. The van der Waals surface area contributed by atoms with Gasteiger partial charge in [-0.2, -0.15) is 5.10 Å². The summed E-state index contributed by atoms with van der Waals surface area (Å²) in [7, 11) is 0. The number of aryl methyl sites for hydroxylation is 1. The molecule has 1 atom stereocenters. The largest absolute Gasteiger partial charge is 0.444 e. The number of hydrogen-bond acceptors (Lipinski definition) is 7. The van der Waals surface area contributed by atoms with Crippen LogP contribution in [0.2, 0.25) is 0 Å². The number of rotatable bonds is 4. The van der Waals surface area contributed by atoms with E-state index in [1.807, 2.05) is 39.8 Å². The van der Waals surface area contributed by atoms with Crippen molar-refractivity contribution in [1.29, 1.82) is 0 Å². The molecule has 2 N–H and O–H groups in total. The molecule has 0 aromatic carbocycles. The molecule has 9 heteroatoms. The van der Waals surface area contributed by atoms with Crippen LogP contribution >= 0.6 is 0 Å². The summed E-state index contributed by atoms with van der Waals surface area (Å²) in [5.74, 6) is 2.64. The first-order valence-corrected chi connectivity index (χ1v) is 10.9. The van der Waals surface area contributed by atoms with E-state index in [0.717, 1.165) is 48.8 Å². The molecule has 2 fully saturated rings. The Labute approximate surface area is 182 Å². The van der Waals surface area contributed by atoms with E-state index in [0.29, 0.717) is 25.6 Å². The molecule has 0 radical (unpaired) electrons. The van der Waals surface area contributed by atoms with Crippen LogP contribution in [0.3, 0.4) is 0 Å². The van der Waals surface area contributed by atoms with E-state index in [1.165, 1.54) is 0 Å². The number of carbonyl (C=O) groups is 1. The smallest absolute Gasteiger partial charge is 0.410 e. The molecule has 31 heavy (non-hydrogen) atoms. The number of anilines is 2. The minimum Gasteiger partial charge on any atom is -0.444 e. The van der Waals surface area contributed by atoms with Gasteiger partial charge >= 0.3 is 6.09 Å². The van der Waals surface area contributed by atoms with Crippen molar-refractivity contribution in [2.24, 2.45) is 5.92 Å². The molecule has 0 bridgehead atoms. The zero-order valence-corrected chi connectivity index (χ0v) is 18.8. The fourth-order valence-corrected chi connectivity index (χ4v) is 4.28. The predicted octanol–water partition coefficient (Wildman–Crippen LogP) is 3.60. The standard InChI is InChI=1S/C22H32N6O3/c1-15-11-19(27-26-15)25-17-5-8-23-18(24-17)12-16-13-22(30-14-16)6-9-28(10-7-22)20(29)31-21(2,3)4/h5,8,11,16H,6-7,9-10,12-14H2,1-4H3,(H2,23,24,25,26,27)/t16-/m0/s1. The highest BCUT2D eigenvalue weighted by atomic mass is 16.6. The summed E-state index contributed by atoms with van der Waals surface area (Å²) in [6.45, 7) is 9.67. The lowest BCUT2D eigenvalue weighted by Crippen LogP contribution is -2.47. The monoisotopic (exact) mass is 428 g/mol. The zero-order valence-electron chi connectivity index (χ0n) is 18.8. The van der Waals surface area contributed by atoms with E-state index < -0.39 is 5.60 Å². The van der Waals surface area contributed by atoms with Gasteiger partial charge in [-0.15, -0.1) is 0 Å². The molecule has 4 heterocycles. The Morgan fingerprint density at radius 1 is 1.35 bits per heavy atom. The van der Waals surface area contributed by atoms with Gasteiger partial charge in [0.05, 0.1) is 12.2 Å². The van der Waals surface area contributed by atoms with E-state index in [9.17, 15) is 4.79 Å². The molecule has 1 amide bonds. The number of H-pyrrole nitrogens is 1. The van der Waals surface area contributed by atoms with Crippen LogP contribution in [0.5, 0.6) is 0 Å². The number of amides is 1. The lowest BCUT2D eigenvalue weighted by Gasteiger charge is -2.39. The van der Waals surface area contributed by atoms with Gasteiger partial charge in [0, 0.05) is 37.5 Å². The number of likely N-dealkylation sites (tertiary alicyclic amines) is 1. The molecule has 2 aliphatic heterocycles. The number of carbonyl (C=O) groups excluding carboxylic acids is 1. The van der Waals surface area contributed by atoms with Gasteiger partial charge in [-0.05, 0) is 58.9 Å². The van der Waals surface area contributed by atoms with Gasteiger partial charge < -0.3 is 19.7 Å². The maximum atomic E-state index is 12.3. The molecule has 168 valence electrons. The molecule has 2 aromatic rings. The maximum Gasteiger partial charge on any atom is 0.410 e. The summed E-state index contributed by atoms with van der Waals surface area (Å²) in [5, 5.41) is 10.3. The van der Waals surface area contributed by atoms with E-state index >= 15 is 0 Å². The minimum absolute atomic E-state index is 0.147. The highest BCUT2D eigenvalue weighted by molar-refractivity contribution is 5.68. The highest BCUT2D eigenvalue weighted by Gasteiger charge is 2.44. The van der Waals surface area contributed by atoms with Crippen LogP contribution in [0.4, 0.5) is 16.4 Å². The van der Waals surface area contributed by atoms with Crippen molar-refractivity contribution in [2.45, 2.75) is 64.6 Å². The van der Waals surface area contributed by atoms with Crippen molar-refractivity contribution in [3.8, 4) is 0 Å². The molecule has 0 saturated carbocycles. The lowest BCUT2D eigenvalue weighted by atomic mass is 9.84. The van der Waals surface area contributed by atoms with Crippen LogP contribution in [-0.4, -0.2) is 62.1 Å². The van der Waals surface area contributed by atoms with Gasteiger partial charge in [0.1, 0.15) is 17.2 Å². The van der Waals surface area contributed by atoms with Crippen molar-refractivity contribution in [2.75, 3.05) is 25.0 Å². The molecule has 2 aromatic heterocycles. The Bertz CT molecular complexity index is 914. The summed E-state index contributed by atoms with van der Waals surface area (Å²) < 4.78 is 11.8. The van der Waals surface area contributed by atoms with Gasteiger partial charge in [0.15, 0.2) is 5.82 Å². The van der Waals surface area contributed by atoms with Gasteiger partial charge in [0.25, 0.3) is 0 Å².